The van der Waals surface area contributed by atoms with Crippen molar-refractivity contribution in [2.75, 3.05) is 9.80 Å². The Morgan fingerprint density at radius 1 is 0.340 bits per heavy atom. The predicted octanol–water partition coefficient (Wildman–Crippen LogP) is 11.2. The van der Waals surface area contributed by atoms with E-state index < -0.39 is 0 Å². The number of anilines is 2. The molecule has 0 atom stereocenters. The first-order chi connectivity index (χ1) is 23.2. The quantitative estimate of drug-likeness (QED) is 0.120. The van der Waals surface area contributed by atoms with Gasteiger partial charge < -0.3 is 9.80 Å². The highest BCUT2D eigenvalue weighted by Gasteiger charge is 2.31. The Morgan fingerprint density at radius 2 is 0.596 bits per heavy atom. The Labute approximate surface area is 282 Å². The molecule has 2 nitrogen and oxygen atoms in total. The molecule has 236 valence electrons. The normalized spacial score (nSPS) is 11.3. The average Bonchev–Trinajstić information content (AvgIpc) is 3.14. The molecular weight excluding hydrogens is 569 g/mol. The van der Waals surface area contributed by atoms with Crippen LogP contribution in [0.5, 0.6) is 0 Å². The second-order valence-corrected chi connectivity index (χ2v) is 12.5. The van der Waals surface area contributed by atoms with Crippen LogP contribution in [0.3, 0.4) is 0 Å². The van der Waals surface area contributed by atoms with Crippen LogP contribution in [0.2, 0.25) is 0 Å². The Morgan fingerprint density at radius 3 is 0.830 bits per heavy atom. The molecule has 0 fully saturated rings. The maximum absolute atomic E-state index is 2.48. The summed E-state index contributed by atoms with van der Waals surface area (Å²) < 4.78 is 0. The molecule has 2 heteroatoms. The van der Waals surface area contributed by atoms with Crippen LogP contribution < -0.4 is 9.80 Å². The first-order valence-corrected chi connectivity index (χ1v) is 17.0. The Kier molecular flexibility index (Phi) is 10.5. The van der Waals surface area contributed by atoms with Gasteiger partial charge in [0.15, 0.2) is 0 Å². The first-order valence-electron chi connectivity index (χ1n) is 17.0. The van der Waals surface area contributed by atoms with Crippen molar-refractivity contribution in [2.24, 2.45) is 0 Å². The number of hydrogen-bond acceptors (Lipinski definition) is 2. The molecule has 0 amide bonds. The van der Waals surface area contributed by atoms with Crippen LogP contribution in [0, 0.1) is 0 Å². The van der Waals surface area contributed by atoms with E-state index in [4.69, 9.17) is 0 Å². The van der Waals surface area contributed by atoms with Gasteiger partial charge in [-0.15, -0.1) is 0 Å². The lowest BCUT2D eigenvalue weighted by atomic mass is 9.70. The zero-order valence-electron chi connectivity index (χ0n) is 27.8. The van der Waals surface area contributed by atoms with Crippen LogP contribution in [0.4, 0.5) is 11.4 Å². The largest absolute Gasteiger partial charge is 0.363 e. The third-order valence-electron chi connectivity index (χ3n) is 9.64. The van der Waals surface area contributed by atoms with E-state index in [1.54, 1.807) is 0 Å². The molecule has 0 N–H and O–H groups in total. The van der Waals surface area contributed by atoms with Gasteiger partial charge in [-0.1, -0.05) is 159 Å². The third kappa shape index (κ3) is 7.84. The fraction of sp³-hybridized carbons (Fsp3) is 0.200. The molecule has 0 heterocycles. The van der Waals surface area contributed by atoms with Gasteiger partial charge in [-0.25, -0.2) is 0 Å². The molecule has 0 aliphatic carbocycles. The van der Waals surface area contributed by atoms with E-state index in [1.165, 1.54) is 44.8 Å². The highest BCUT2D eigenvalue weighted by molar-refractivity contribution is 5.54. The van der Waals surface area contributed by atoms with E-state index in [9.17, 15) is 0 Å². The van der Waals surface area contributed by atoms with Crippen molar-refractivity contribution in [1.29, 1.82) is 0 Å². The van der Waals surface area contributed by atoms with Crippen molar-refractivity contribution < 1.29 is 0 Å². The minimum Gasteiger partial charge on any atom is -0.363 e. The molecule has 6 rings (SSSR count). The first kappa shape index (κ1) is 31.9. The van der Waals surface area contributed by atoms with Gasteiger partial charge >= 0.3 is 0 Å². The van der Waals surface area contributed by atoms with Gasteiger partial charge in [-0.2, -0.15) is 0 Å². The molecule has 47 heavy (non-hydrogen) atoms. The highest BCUT2D eigenvalue weighted by Crippen LogP contribution is 2.40. The summed E-state index contributed by atoms with van der Waals surface area (Å²) in [5, 5.41) is 0. The standard InChI is InChI=1S/C45H46N2/c1-3-45(4-2,41-25-29-43(30-26-41)46(33-37-17-9-5-10-18-37)34-38-19-11-6-12-20-38)42-27-31-44(32-28-42)47(35-39-21-13-7-14-22-39)36-40-23-15-8-16-24-40/h5-32H,3-4,33-36H2,1-2H3. The van der Waals surface area contributed by atoms with Gasteiger partial charge in [0, 0.05) is 43.0 Å². The van der Waals surface area contributed by atoms with Gasteiger partial charge in [0.2, 0.25) is 0 Å². The number of rotatable bonds is 14. The molecule has 0 saturated heterocycles. The van der Waals surface area contributed by atoms with Crippen LogP contribution in [0.25, 0.3) is 0 Å². The highest BCUT2D eigenvalue weighted by atomic mass is 15.1. The summed E-state index contributed by atoms with van der Waals surface area (Å²) in [6, 6.07) is 61.9. The summed E-state index contributed by atoms with van der Waals surface area (Å²) in [4.78, 5) is 4.97. The van der Waals surface area contributed by atoms with Gasteiger partial charge in [0.25, 0.3) is 0 Å². The van der Waals surface area contributed by atoms with Crippen LogP contribution in [0.15, 0.2) is 170 Å². The SMILES string of the molecule is CCC(CC)(c1ccc(N(Cc2ccccc2)Cc2ccccc2)cc1)c1ccc(N(Cc2ccccc2)Cc2ccccc2)cc1. The van der Waals surface area contributed by atoms with E-state index in [1.807, 2.05) is 0 Å². The number of nitrogens with zero attached hydrogens (tertiary/aromatic N) is 2. The molecule has 0 saturated carbocycles. The van der Waals surface area contributed by atoms with Gasteiger partial charge in [-0.05, 0) is 70.5 Å². The summed E-state index contributed by atoms with van der Waals surface area (Å²) in [5.41, 5.74) is 10.5. The lowest BCUT2D eigenvalue weighted by Gasteiger charge is -2.35. The fourth-order valence-electron chi connectivity index (χ4n) is 6.91. The zero-order valence-corrected chi connectivity index (χ0v) is 27.8. The van der Waals surface area contributed by atoms with E-state index in [2.05, 4.69) is 194 Å². The van der Waals surface area contributed by atoms with Crippen molar-refractivity contribution in [3.8, 4) is 0 Å². The topological polar surface area (TPSA) is 6.48 Å². The summed E-state index contributed by atoms with van der Waals surface area (Å²) in [5.74, 6) is 0. The van der Waals surface area contributed by atoms with Crippen LogP contribution >= 0.6 is 0 Å². The van der Waals surface area contributed by atoms with Crippen LogP contribution in [-0.4, -0.2) is 0 Å². The Hall–Kier alpha value is -5.08. The van der Waals surface area contributed by atoms with E-state index in [0.29, 0.717) is 0 Å². The molecule has 6 aromatic carbocycles. The summed E-state index contributed by atoms with van der Waals surface area (Å²) >= 11 is 0. The number of benzene rings is 6. The van der Waals surface area contributed by atoms with E-state index in [0.717, 1.165) is 39.0 Å². The van der Waals surface area contributed by atoms with E-state index in [-0.39, 0.29) is 5.41 Å². The molecule has 0 bridgehead atoms. The fourth-order valence-corrected chi connectivity index (χ4v) is 6.91. The Bertz CT molecular complexity index is 1550. The van der Waals surface area contributed by atoms with Crippen molar-refractivity contribution in [2.45, 2.75) is 58.3 Å². The third-order valence-corrected chi connectivity index (χ3v) is 9.64. The van der Waals surface area contributed by atoms with Crippen molar-refractivity contribution in [3.63, 3.8) is 0 Å². The van der Waals surface area contributed by atoms with Crippen LogP contribution in [-0.2, 0) is 31.6 Å². The summed E-state index contributed by atoms with van der Waals surface area (Å²) in [6.45, 7) is 8.13. The van der Waals surface area contributed by atoms with Gasteiger partial charge in [0.05, 0.1) is 0 Å². The monoisotopic (exact) mass is 614 g/mol. The molecule has 0 unspecified atom stereocenters. The Balaban J connectivity index is 1.27. The number of hydrogen-bond donors (Lipinski definition) is 0. The minimum atomic E-state index is -0.0512. The molecule has 0 aliphatic rings. The van der Waals surface area contributed by atoms with Gasteiger partial charge in [-0.3, -0.25) is 0 Å². The molecule has 6 aromatic rings. The van der Waals surface area contributed by atoms with Crippen molar-refractivity contribution in [1.82, 2.24) is 0 Å². The lowest BCUT2D eigenvalue weighted by Crippen LogP contribution is -2.27. The summed E-state index contributed by atoms with van der Waals surface area (Å²) in [6.07, 6.45) is 2.08. The lowest BCUT2D eigenvalue weighted by molar-refractivity contribution is 0.478. The average molecular weight is 615 g/mol. The van der Waals surface area contributed by atoms with Gasteiger partial charge in [0.1, 0.15) is 0 Å². The molecule has 0 aliphatic heterocycles. The van der Waals surface area contributed by atoms with Crippen LogP contribution in [0.1, 0.15) is 60.1 Å². The van der Waals surface area contributed by atoms with E-state index >= 15 is 0 Å². The second kappa shape index (κ2) is 15.5. The molecular formula is C45H46N2. The maximum Gasteiger partial charge on any atom is 0.0433 e. The predicted molar refractivity (Wildman–Crippen MR) is 200 cm³/mol. The maximum atomic E-state index is 2.48. The smallest absolute Gasteiger partial charge is 0.0433 e. The molecule has 0 aromatic heterocycles. The zero-order chi connectivity index (χ0) is 32.3. The summed E-state index contributed by atoms with van der Waals surface area (Å²) in [7, 11) is 0. The van der Waals surface area contributed by atoms with Crippen molar-refractivity contribution in [3.05, 3.63) is 203 Å². The molecule has 0 spiro atoms. The molecule has 0 radical (unpaired) electrons. The second-order valence-electron chi connectivity index (χ2n) is 12.5. The van der Waals surface area contributed by atoms with Crippen molar-refractivity contribution >= 4 is 11.4 Å². The minimum absolute atomic E-state index is 0.0512.